The van der Waals surface area contributed by atoms with Crippen LogP contribution in [0.5, 0.6) is 0 Å². The third kappa shape index (κ3) is 3.38. The highest BCUT2D eigenvalue weighted by Gasteiger charge is 2.35. The van der Waals surface area contributed by atoms with Gasteiger partial charge in [-0.25, -0.2) is 4.79 Å². The number of hydrogen-bond acceptors (Lipinski definition) is 4. The van der Waals surface area contributed by atoms with Crippen molar-refractivity contribution in [3.8, 4) is 11.4 Å². The second-order valence-corrected chi connectivity index (χ2v) is 7.11. The second kappa shape index (κ2) is 6.86. The first-order valence-corrected chi connectivity index (χ1v) is 9.18. The van der Waals surface area contributed by atoms with Crippen molar-refractivity contribution in [2.45, 2.75) is 57.5 Å². The summed E-state index contributed by atoms with van der Waals surface area (Å²) in [6, 6.07) is 8.24. The molecule has 6 nitrogen and oxygen atoms in total. The molecule has 2 fully saturated rings. The van der Waals surface area contributed by atoms with Crippen molar-refractivity contribution in [2.24, 2.45) is 0 Å². The van der Waals surface area contributed by atoms with Crippen LogP contribution in [0.25, 0.3) is 11.4 Å². The van der Waals surface area contributed by atoms with Crippen molar-refractivity contribution in [1.29, 1.82) is 0 Å². The van der Waals surface area contributed by atoms with Gasteiger partial charge in [0.1, 0.15) is 6.04 Å². The van der Waals surface area contributed by atoms with E-state index >= 15 is 0 Å². The summed E-state index contributed by atoms with van der Waals surface area (Å²) in [4.78, 5) is 19.1. The van der Waals surface area contributed by atoms with Crippen LogP contribution < -0.4 is 5.32 Å². The minimum Gasteiger partial charge on any atom is -0.337 e. The number of carbonyl (C=O) groups excluding carboxylic acids is 1. The van der Waals surface area contributed by atoms with E-state index in [0.29, 0.717) is 17.8 Å². The molecule has 0 bridgehead atoms. The zero-order chi connectivity index (χ0) is 17.2. The minimum atomic E-state index is -0.118. The van der Waals surface area contributed by atoms with E-state index < -0.39 is 0 Å². The summed E-state index contributed by atoms with van der Waals surface area (Å²) in [5.74, 6) is 1.12. The number of nitrogens with zero attached hydrogens (tertiary/aromatic N) is 3. The van der Waals surface area contributed by atoms with Gasteiger partial charge in [0.25, 0.3) is 0 Å². The van der Waals surface area contributed by atoms with E-state index in [2.05, 4.69) is 15.5 Å². The molecule has 1 N–H and O–H groups in total. The molecule has 4 rings (SSSR count). The van der Waals surface area contributed by atoms with Crippen LogP contribution >= 0.6 is 0 Å². The van der Waals surface area contributed by atoms with Gasteiger partial charge in [-0.3, -0.25) is 0 Å². The minimum absolute atomic E-state index is 0.00436. The molecular weight excluding hydrogens is 316 g/mol. The second-order valence-electron chi connectivity index (χ2n) is 7.11. The van der Waals surface area contributed by atoms with Gasteiger partial charge in [0.15, 0.2) is 0 Å². The lowest BCUT2D eigenvalue weighted by Crippen LogP contribution is -2.43. The molecule has 0 unspecified atom stereocenters. The highest BCUT2D eigenvalue weighted by atomic mass is 16.5. The average molecular weight is 340 g/mol. The van der Waals surface area contributed by atoms with Crippen LogP contribution in [0.15, 0.2) is 28.8 Å². The van der Waals surface area contributed by atoms with E-state index in [-0.39, 0.29) is 12.1 Å². The Morgan fingerprint density at radius 2 is 2.08 bits per heavy atom. The summed E-state index contributed by atoms with van der Waals surface area (Å²) >= 11 is 0. The number of nitrogens with one attached hydrogen (secondary N) is 1. The van der Waals surface area contributed by atoms with Crippen molar-refractivity contribution < 1.29 is 9.32 Å². The van der Waals surface area contributed by atoms with Crippen LogP contribution in [-0.4, -0.2) is 33.7 Å². The predicted octanol–water partition coefficient (Wildman–Crippen LogP) is 3.83. The van der Waals surface area contributed by atoms with Gasteiger partial charge >= 0.3 is 6.03 Å². The SMILES string of the molecule is Cc1cccc(-c2noc([C@H]3CCCN3C(=O)NC3CCCC3)n2)c1. The Hall–Kier alpha value is -2.37. The first-order chi connectivity index (χ1) is 12.2. The molecule has 2 aliphatic rings. The van der Waals surface area contributed by atoms with Crippen molar-refractivity contribution in [2.75, 3.05) is 6.54 Å². The fourth-order valence-corrected chi connectivity index (χ4v) is 3.87. The zero-order valence-electron chi connectivity index (χ0n) is 14.6. The summed E-state index contributed by atoms with van der Waals surface area (Å²) in [7, 11) is 0. The van der Waals surface area contributed by atoms with Gasteiger partial charge in [-0.15, -0.1) is 0 Å². The number of rotatable bonds is 3. The van der Waals surface area contributed by atoms with Gasteiger partial charge < -0.3 is 14.7 Å². The normalized spacial score (nSPS) is 21.0. The van der Waals surface area contributed by atoms with E-state index in [1.807, 2.05) is 36.1 Å². The Labute approximate surface area is 147 Å². The van der Waals surface area contributed by atoms with Gasteiger partial charge in [0, 0.05) is 18.2 Å². The maximum atomic E-state index is 12.6. The molecule has 1 atom stereocenters. The molecule has 132 valence electrons. The molecule has 0 spiro atoms. The average Bonchev–Trinajstić information content (AvgIpc) is 3.35. The number of aromatic nitrogens is 2. The molecule has 25 heavy (non-hydrogen) atoms. The quantitative estimate of drug-likeness (QED) is 0.921. The smallest absolute Gasteiger partial charge is 0.318 e. The fourth-order valence-electron chi connectivity index (χ4n) is 3.87. The molecule has 1 aliphatic carbocycles. The van der Waals surface area contributed by atoms with Gasteiger partial charge in [-0.1, -0.05) is 41.8 Å². The van der Waals surface area contributed by atoms with Crippen LogP contribution in [0, 0.1) is 6.92 Å². The molecule has 1 aromatic carbocycles. The maximum Gasteiger partial charge on any atom is 0.318 e. The van der Waals surface area contributed by atoms with Crippen molar-refractivity contribution in [3.05, 3.63) is 35.7 Å². The van der Waals surface area contributed by atoms with E-state index in [4.69, 9.17) is 4.52 Å². The number of aryl methyl sites for hydroxylation is 1. The third-order valence-corrected chi connectivity index (χ3v) is 5.20. The third-order valence-electron chi connectivity index (χ3n) is 5.20. The van der Waals surface area contributed by atoms with Crippen molar-refractivity contribution >= 4 is 6.03 Å². The Morgan fingerprint density at radius 1 is 1.24 bits per heavy atom. The number of amides is 2. The molecule has 1 aliphatic heterocycles. The standard InChI is InChI=1S/C19H24N4O2/c1-13-6-4-7-14(12-13)17-21-18(25-22-17)16-10-5-11-23(16)19(24)20-15-8-2-3-9-15/h4,6-7,12,15-16H,2-3,5,8-11H2,1H3,(H,20,24)/t16-/m1/s1. The van der Waals surface area contributed by atoms with Gasteiger partial charge in [-0.05, 0) is 38.7 Å². The molecule has 0 radical (unpaired) electrons. The first-order valence-electron chi connectivity index (χ1n) is 9.18. The molecule has 2 amide bonds. The topological polar surface area (TPSA) is 71.3 Å². The molecule has 2 heterocycles. The Kier molecular flexibility index (Phi) is 4.42. The molecule has 6 heteroatoms. The van der Waals surface area contributed by atoms with Crippen LogP contribution in [0.3, 0.4) is 0 Å². The highest BCUT2D eigenvalue weighted by molar-refractivity contribution is 5.75. The summed E-state index contributed by atoms with van der Waals surface area (Å²) in [6.45, 7) is 2.78. The molecule has 1 aromatic heterocycles. The lowest BCUT2D eigenvalue weighted by molar-refractivity contribution is 0.177. The molecule has 1 saturated carbocycles. The van der Waals surface area contributed by atoms with Crippen molar-refractivity contribution in [3.63, 3.8) is 0 Å². The Balaban J connectivity index is 1.49. The van der Waals surface area contributed by atoms with Crippen LogP contribution in [0.2, 0.25) is 0 Å². The lowest BCUT2D eigenvalue weighted by atomic mass is 10.1. The lowest BCUT2D eigenvalue weighted by Gasteiger charge is -2.24. The monoisotopic (exact) mass is 340 g/mol. The van der Waals surface area contributed by atoms with Gasteiger partial charge in [0.2, 0.25) is 11.7 Å². The highest BCUT2D eigenvalue weighted by Crippen LogP contribution is 2.32. The summed E-state index contributed by atoms with van der Waals surface area (Å²) < 4.78 is 5.51. The van der Waals surface area contributed by atoms with Crippen LogP contribution in [0.1, 0.15) is 56.0 Å². The van der Waals surface area contributed by atoms with Crippen LogP contribution in [0.4, 0.5) is 4.79 Å². The maximum absolute atomic E-state index is 12.6. The number of carbonyl (C=O) groups is 1. The van der Waals surface area contributed by atoms with E-state index in [1.165, 1.54) is 12.8 Å². The first kappa shape index (κ1) is 16.1. The molecular formula is C19H24N4O2. The summed E-state index contributed by atoms with van der Waals surface area (Å²) in [5, 5.41) is 7.29. The fraction of sp³-hybridized carbons (Fsp3) is 0.526. The van der Waals surface area contributed by atoms with E-state index in [0.717, 1.165) is 43.4 Å². The molecule has 1 saturated heterocycles. The van der Waals surface area contributed by atoms with Gasteiger partial charge in [0.05, 0.1) is 0 Å². The Bertz CT molecular complexity index is 751. The number of benzene rings is 1. The Morgan fingerprint density at radius 3 is 2.88 bits per heavy atom. The van der Waals surface area contributed by atoms with E-state index in [9.17, 15) is 4.79 Å². The van der Waals surface area contributed by atoms with Crippen molar-refractivity contribution in [1.82, 2.24) is 20.4 Å². The predicted molar refractivity (Wildman–Crippen MR) is 93.9 cm³/mol. The van der Waals surface area contributed by atoms with Crippen LogP contribution in [-0.2, 0) is 0 Å². The zero-order valence-corrected chi connectivity index (χ0v) is 14.6. The summed E-state index contributed by atoms with van der Waals surface area (Å²) in [5.41, 5.74) is 2.09. The number of urea groups is 1. The van der Waals surface area contributed by atoms with E-state index in [1.54, 1.807) is 0 Å². The summed E-state index contributed by atoms with van der Waals surface area (Å²) in [6.07, 6.45) is 6.42. The number of hydrogen-bond donors (Lipinski definition) is 1. The van der Waals surface area contributed by atoms with Gasteiger partial charge in [-0.2, -0.15) is 4.98 Å². The molecule has 2 aromatic rings. The number of likely N-dealkylation sites (tertiary alicyclic amines) is 1. The largest absolute Gasteiger partial charge is 0.337 e.